The maximum Gasteiger partial charge on any atom is 0.239 e. The van der Waals surface area contributed by atoms with Crippen LogP contribution in [0.1, 0.15) is 33.6 Å². The molecule has 1 aliphatic rings. The van der Waals surface area contributed by atoms with Gasteiger partial charge >= 0.3 is 0 Å². The molecule has 82 valence electrons. The van der Waals surface area contributed by atoms with Crippen molar-refractivity contribution in [2.75, 3.05) is 6.61 Å². The van der Waals surface area contributed by atoms with Gasteiger partial charge in [0, 0.05) is 6.61 Å². The lowest BCUT2D eigenvalue weighted by Gasteiger charge is -2.39. The zero-order valence-corrected chi connectivity index (χ0v) is 9.17. The standard InChI is InChI=1S/C10H20N2O2/c1-10(2,3)8-7(9(13)12-11)5-4-6-14-8/h7-8H,4-6,11H2,1-3H3,(H,12,13)/t7-,8-/m1/s1. The Labute approximate surface area is 85.2 Å². The zero-order chi connectivity index (χ0) is 10.8. The monoisotopic (exact) mass is 200 g/mol. The van der Waals surface area contributed by atoms with Crippen molar-refractivity contribution in [1.29, 1.82) is 0 Å². The van der Waals surface area contributed by atoms with Gasteiger partial charge in [0.1, 0.15) is 0 Å². The minimum Gasteiger partial charge on any atom is -0.377 e. The largest absolute Gasteiger partial charge is 0.377 e. The summed E-state index contributed by atoms with van der Waals surface area (Å²) in [7, 11) is 0. The lowest BCUT2D eigenvalue weighted by atomic mass is 9.77. The van der Waals surface area contributed by atoms with Crippen molar-refractivity contribution >= 4 is 5.91 Å². The minimum absolute atomic E-state index is 0.0163. The molecule has 0 saturated carbocycles. The second kappa shape index (κ2) is 4.28. The molecule has 14 heavy (non-hydrogen) atoms. The Balaban J connectivity index is 2.74. The molecule has 0 spiro atoms. The molecule has 0 aromatic heterocycles. The summed E-state index contributed by atoms with van der Waals surface area (Å²) in [6.07, 6.45) is 1.77. The van der Waals surface area contributed by atoms with Crippen LogP contribution in [0.4, 0.5) is 0 Å². The topological polar surface area (TPSA) is 64.3 Å². The van der Waals surface area contributed by atoms with Crippen LogP contribution in [0.15, 0.2) is 0 Å². The third kappa shape index (κ3) is 2.45. The molecule has 1 saturated heterocycles. The number of hydrogen-bond acceptors (Lipinski definition) is 3. The average molecular weight is 200 g/mol. The van der Waals surface area contributed by atoms with E-state index in [2.05, 4.69) is 26.2 Å². The van der Waals surface area contributed by atoms with Crippen molar-refractivity contribution in [3.8, 4) is 0 Å². The first kappa shape index (κ1) is 11.5. The van der Waals surface area contributed by atoms with Gasteiger partial charge in [-0.1, -0.05) is 20.8 Å². The number of rotatable bonds is 1. The predicted molar refractivity (Wildman–Crippen MR) is 54.2 cm³/mol. The number of hydrogen-bond donors (Lipinski definition) is 2. The highest BCUT2D eigenvalue weighted by Crippen LogP contribution is 2.33. The normalized spacial score (nSPS) is 28.6. The minimum atomic E-state index is -0.107. The molecule has 1 aliphatic heterocycles. The Kier molecular flexibility index (Phi) is 3.50. The van der Waals surface area contributed by atoms with Gasteiger partial charge in [-0.15, -0.1) is 0 Å². The van der Waals surface area contributed by atoms with Crippen LogP contribution in [0.25, 0.3) is 0 Å². The number of ether oxygens (including phenoxy) is 1. The van der Waals surface area contributed by atoms with Crippen molar-refractivity contribution in [2.24, 2.45) is 17.2 Å². The highest BCUT2D eigenvalue weighted by Gasteiger charge is 2.39. The van der Waals surface area contributed by atoms with Gasteiger partial charge < -0.3 is 4.74 Å². The number of amides is 1. The van der Waals surface area contributed by atoms with Crippen molar-refractivity contribution in [3.05, 3.63) is 0 Å². The molecule has 0 radical (unpaired) electrons. The molecule has 0 aromatic rings. The maximum absolute atomic E-state index is 11.5. The van der Waals surface area contributed by atoms with Gasteiger partial charge in [-0.3, -0.25) is 10.2 Å². The molecule has 1 fully saturated rings. The van der Waals surface area contributed by atoms with Crippen LogP contribution in [0.3, 0.4) is 0 Å². The van der Waals surface area contributed by atoms with Crippen molar-refractivity contribution < 1.29 is 9.53 Å². The van der Waals surface area contributed by atoms with Crippen molar-refractivity contribution in [1.82, 2.24) is 5.43 Å². The van der Waals surface area contributed by atoms with Crippen LogP contribution in [-0.4, -0.2) is 18.6 Å². The molecule has 4 heteroatoms. The highest BCUT2D eigenvalue weighted by molar-refractivity contribution is 5.78. The van der Waals surface area contributed by atoms with Crippen LogP contribution in [-0.2, 0) is 9.53 Å². The van der Waals surface area contributed by atoms with Gasteiger partial charge in [-0.25, -0.2) is 5.84 Å². The molecule has 2 atom stereocenters. The Bertz CT molecular complexity index is 211. The molecular weight excluding hydrogens is 180 g/mol. The fourth-order valence-corrected chi connectivity index (χ4v) is 2.01. The third-order valence-electron chi connectivity index (χ3n) is 2.65. The maximum atomic E-state index is 11.5. The average Bonchev–Trinajstić information content (AvgIpc) is 2.15. The van der Waals surface area contributed by atoms with Gasteiger partial charge in [0.25, 0.3) is 0 Å². The molecule has 1 rings (SSSR count). The summed E-state index contributed by atoms with van der Waals surface area (Å²) in [5.41, 5.74) is 2.20. The summed E-state index contributed by atoms with van der Waals surface area (Å²) < 4.78 is 5.66. The van der Waals surface area contributed by atoms with E-state index < -0.39 is 0 Å². The molecule has 4 nitrogen and oxygen atoms in total. The van der Waals surface area contributed by atoms with Crippen molar-refractivity contribution in [3.63, 3.8) is 0 Å². The quantitative estimate of drug-likeness (QED) is 0.374. The van der Waals surface area contributed by atoms with E-state index in [1.54, 1.807) is 0 Å². The molecule has 3 N–H and O–H groups in total. The molecule has 1 amide bonds. The van der Waals surface area contributed by atoms with Gasteiger partial charge in [0.05, 0.1) is 12.0 Å². The molecule has 1 heterocycles. The van der Waals surface area contributed by atoms with Gasteiger partial charge in [0.2, 0.25) is 5.91 Å². The fraction of sp³-hybridized carbons (Fsp3) is 0.900. The van der Waals surface area contributed by atoms with E-state index in [1.807, 2.05) is 0 Å². The summed E-state index contributed by atoms with van der Waals surface area (Å²) in [5, 5.41) is 0. The summed E-state index contributed by atoms with van der Waals surface area (Å²) in [6, 6.07) is 0. The predicted octanol–water partition coefficient (Wildman–Crippen LogP) is 0.818. The first-order valence-corrected chi connectivity index (χ1v) is 5.09. The molecule has 0 aliphatic carbocycles. The fourth-order valence-electron chi connectivity index (χ4n) is 2.01. The Morgan fingerprint density at radius 1 is 1.50 bits per heavy atom. The summed E-state index contributed by atoms with van der Waals surface area (Å²) in [5.74, 6) is 4.94. The molecule has 0 unspecified atom stereocenters. The van der Waals surface area contributed by atoms with E-state index in [0.717, 1.165) is 19.4 Å². The Hall–Kier alpha value is -0.610. The van der Waals surface area contributed by atoms with Crippen molar-refractivity contribution in [2.45, 2.75) is 39.7 Å². The van der Waals surface area contributed by atoms with Gasteiger partial charge in [-0.2, -0.15) is 0 Å². The van der Waals surface area contributed by atoms with E-state index in [0.29, 0.717) is 0 Å². The third-order valence-corrected chi connectivity index (χ3v) is 2.65. The van der Waals surface area contributed by atoms with Crippen LogP contribution >= 0.6 is 0 Å². The van der Waals surface area contributed by atoms with E-state index >= 15 is 0 Å². The van der Waals surface area contributed by atoms with Gasteiger partial charge in [-0.05, 0) is 18.3 Å². The van der Waals surface area contributed by atoms with E-state index in [9.17, 15) is 4.79 Å². The molecule has 0 bridgehead atoms. The molecular formula is C10H20N2O2. The lowest BCUT2D eigenvalue weighted by molar-refractivity contribution is -0.142. The Morgan fingerprint density at radius 2 is 2.14 bits per heavy atom. The summed E-state index contributed by atoms with van der Waals surface area (Å²) in [4.78, 5) is 11.5. The summed E-state index contributed by atoms with van der Waals surface area (Å²) in [6.45, 7) is 7.00. The molecule has 0 aromatic carbocycles. The van der Waals surface area contributed by atoms with Gasteiger partial charge in [0.15, 0.2) is 0 Å². The SMILES string of the molecule is CC(C)(C)[C@@H]1OCCC[C@H]1C(=O)NN. The first-order valence-electron chi connectivity index (χ1n) is 5.09. The number of hydrazine groups is 1. The number of carbonyl (C=O) groups is 1. The van der Waals surface area contributed by atoms with Crippen LogP contribution in [0.2, 0.25) is 0 Å². The second-order valence-corrected chi connectivity index (χ2v) is 4.91. The van der Waals surface area contributed by atoms with Crippen LogP contribution < -0.4 is 11.3 Å². The number of nitrogens with one attached hydrogen (secondary N) is 1. The smallest absolute Gasteiger partial charge is 0.239 e. The number of carbonyl (C=O) groups excluding carboxylic acids is 1. The van der Waals surface area contributed by atoms with E-state index in [4.69, 9.17) is 10.6 Å². The lowest BCUT2D eigenvalue weighted by Crippen LogP contribution is -2.48. The van der Waals surface area contributed by atoms with Crippen LogP contribution in [0.5, 0.6) is 0 Å². The Morgan fingerprint density at radius 3 is 2.64 bits per heavy atom. The highest BCUT2D eigenvalue weighted by atomic mass is 16.5. The summed E-state index contributed by atoms with van der Waals surface area (Å²) >= 11 is 0. The zero-order valence-electron chi connectivity index (χ0n) is 9.17. The van der Waals surface area contributed by atoms with E-state index in [-0.39, 0.29) is 23.3 Å². The second-order valence-electron chi connectivity index (χ2n) is 4.91. The first-order chi connectivity index (χ1) is 6.46. The number of nitrogens with two attached hydrogens (primary N) is 1. The van der Waals surface area contributed by atoms with Crippen LogP contribution in [0, 0.1) is 11.3 Å². The van der Waals surface area contributed by atoms with E-state index in [1.165, 1.54) is 0 Å².